The Hall–Kier alpha value is -1.55. The number of aryl methyl sites for hydroxylation is 1. The maximum absolute atomic E-state index is 11.5. The van der Waals surface area contributed by atoms with Crippen LogP contribution in [0.5, 0.6) is 5.75 Å². The van der Waals surface area contributed by atoms with Gasteiger partial charge in [-0.15, -0.1) is 0 Å². The van der Waals surface area contributed by atoms with E-state index in [1.165, 1.54) is 12.7 Å². The first kappa shape index (κ1) is 16.5. The number of carbonyl (C=O) groups excluding carboxylic acids is 1. The molecule has 0 aliphatic rings. The average Bonchev–Trinajstić information content (AvgIpc) is 2.38. The number of benzene rings is 1. The van der Waals surface area contributed by atoms with Gasteiger partial charge in [-0.25, -0.2) is 0 Å². The van der Waals surface area contributed by atoms with Gasteiger partial charge in [0.25, 0.3) is 0 Å². The van der Waals surface area contributed by atoms with Crippen molar-refractivity contribution in [1.82, 2.24) is 5.32 Å². The Labute approximate surface area is 121 Å². The molecule has 0 saturated carbocycles. The predicted octanol–water partition coefficient (Wildman–Crippen LogP) is 2.48. The highest BCUT2D eigenvalue weighted by molar-refractivity contribution is 5.70. The number of rotatable bonds is 7. The largest absolute Gasteiger partial charge is 0.496 e. The van der Waals surface area contributed by atoms with Crippen LogP contribution < -0.4 is 10.1 Å². The first-order valence-corrected chi connectivity index (χ1v) is 6.92. The Bertz CT molecular complexity index is 443. The molecule has 0 saturated heterocycles. The Morgan fingerprint density at radius 2 is 2.00 bits per heavy atom. The van der Waals surface area contributed by atoms with Crippen LogP contribution in [0.25, 0.3) is 0 Å². The first-order valence-electron chi connectivity index (χ1n) is 6.92. The zero-order chi connectivity index (χ0) is 15.1. The number of hydrogen-bond donors (Lipinski definition) is 1. The monoisotopic (exact) mass is 279 g/mol. The summed E-state index contributed by atoms with van der Waals surface area (Å²) < 4.78 is 10.2. The lowest BCUT2D eigenvalue weighted by Crippen LogP contribution is -2.38. The van der Waals surface area contributed by atoms with Gasteiger partial charge in [0, 0.05) is 12.1 Å². The van der Waals surface area contributed by atoms with E-state index in [0.717, 1.165) is 17.7 Å². The number of hydrogen-bond acceptors (Lipinski definition) is 4. The Balaban J connectivity index is 2.87. The molecular weight excluding hydrogens is 254 g/mol. The number of carbonyl (C=O) groups is 1. The summed E-state index contributed by atoms with van der Waals surface area (Å²) in [5.41, 5.74) is 2.29. The molecule has 0 spiro atoms. The fourth-order valence-electron chi connectivity index (χ4n) is 2.28. The molecule has 112 valence electrons. The van der Waals surface area contributed by atoms with Gasteiger partial charge in [-0.3, -0.25) is 4.79 Å². The lowest BCUT2D eigenvalue weighted by atomic mass is 10.00. The Morgan fingerprint density at radius 3 is 2.55 bits per heavy atom. The number of esters is 1. The highest BCUT2D eigenvalue weighted by Gasteiger charge is 2.17. The summed E-state index contributed by atoms with van der Waals surface area (Å²) >= 11 is 0. The second-order valence-electron chi connectivity index (χ2n) is 5.32. The van der Waals surface area contributed by atoms with Crippen molar-refractivity contribution in [1.29, 1.82) is 0 Å². The molecule has 1 aromatic carbocycles. The van der Waals surface area contributed by atoms with Gasteiger partial charge in [-0.2, -0.15) is 0 Å². The van der Waals surface area contributed by atoms with E-state index in [0.29, 0.717) is 12.5 Å². The maximum atomic E-state index is 11.5. The molecule has 4 nitrogen and oxygen atoms in total. The summed E-state index contributed by atoms with van der Waals surface area (Å²) in [6, 6.07) is 6.44. The van der Waals surface area contributed by atoms with Crippen molar-refractivity contribution in [2.45, 2.75) is 45.7 Å². The van der Waals surface area contributed by atoms with Crippen LogP contribution in [-0.4, -0.2) is 32.3 Å². The Kier molecular flexibility index (Phi) is 6.52. The molecule has 1 rings (SSSR count). The molecule has 1 N–H and O–H groups in total. The molecule has 4 heteroatoms. The van der Waals surface area contributed by atoms with Crippen LogP contribution in [0.2, 0.25) is 0 Å². The molecule has 0 aliphatic heterocycles. The number of nitrogens with one attached hydrogen (secondary N) is 1. The summed E-state index contributed by atoms with van der Waals surface area (Å²) in [5.74, 6) is 0.658. The van der Waals surface area contributed by atoms with E-state index < -0.39 is 0 Å². The fourth-order valence-corrected chi connectivity index (χ4v) is 2.28. The van der Waals surface area contributed by atoms with Gasteiger partial charge >= 0.3 is 5.97 Å². The van der Waals surface area contributed by atoms with Crippen LogP contribution in [0.4, 0.5) is 0 Å². The molecular formula is C16H25NO3. The van der Waals surface area contributed by atoms with E-state index in [4.69, 9.17) is 9.47 Å². The summed E-state index contributed by atoms with van der Waals surface area (Å²) in [7, 11) is 3.08. The van der Waals surface area contributed by atoms with Gasteiger partial charge in [-0.05, 0) is 25.0 Å². The third-order valence-corrected chi connectivity index (χ3v) is 3.11. The minimum Gasteiger partial charge on any atom is -0.496 e. The number of ether oxygens (including phenoxy) is 2. The van der Waals surface area contributed by atoms with E-state index in [-0.39, 0.29) is 12.0 Å². The van der Waals surface area contributed by atoms with E-state index in [9.17, 15) is 4.79 Å². The Morgan fingerprint density at radius 1 is 1.30 bits per heavy atom. The van der Waals surface area contributed by atoms with Gasteiger partial charge < -0.3 is 14.8 Å². The molecule has 1 atom stereocenters. The normalized spacial score (nSPS) is 12.3. The van der Waals surface area contributed by atoms with Crippen molar-refractivity contribution in [3.63, 3.8) is 0 Å². The van der Waals surface area contributed by atoms with Crippen LogP contribution in [-0.2, 0) is 16.0 Å². The standard InChI is InChI=1S/C16H25NO3/c1-11(2)17-14(10-16(18)20-5)9-13-8-12(3)6-7-15(13)19-4/h6-8,11,14,17H,9-10H2,1-5H3. The van der Waals surface area contributed by atoms with E-state index >= 15 is 0 Å². The third-order valence-electron chi connectivity index (χ3n) is 3.11. The number of methoxy groups -OCH3 is 2. The second kappa shape index (κ2) is 7.90. The van der Waals surface area contributed by atoms with Crippen molar-refractivity contribution < 1.29 is 14.3 Å². The minimum atomic E-state index is -0.199. The lowest BCUT2D eigenvalue weighted by molar-refractivity contribution is -0.141. The predicted molar refractivity (Wildman–Crippen MR) is 80.1 cm³/mol. The molecule has 1 aromatic rings. The van der Waals surface area contributed by atoms with Crippen molar-refractivity contribution in [2.75, 3.05) is 14.2 Å². The van der Waals surface area contributed by atoms with Crippen LogP contribution in [0.1, 0.15) is 31.4 Å². The van der Waals surface area contributed by atoms with Gasteiger partial charge in [0.05, 0.1) is 20.6 Å². The van der Waals surface area contributed by atoms with E-state index in [1.807, 2.05) is 19.1 Å². The minimum absolute atomic E-state index is 0.0400. The lowest BCUT2D eigenvalue weighted by Gasteiger charge is -2.21. The van der Waals surface area contributed by atoms with Crippen LogP contribution in [0.3, 0.4) is 0 Å². The van der Waals surface area contributed by atoms with Gasteiger partial charge in [-0.1, -0.05) is 31.5 Å². The topological polar surface area (TPSA) is 47.6 Å². The third kappa shape index (κ3) is 5.21. The SMILES string of the molecule is COC(=O)CC(Cc1cc(C)ccc1OC)NC(C)C. The van der Waals surface area contributed by atoms with Crippen molar-refractivity contribution >= 4 is 5.97 Å². The average molecular weight is 279 g/mol. The zero-order valence-electron chi connectivity index (χ0n) is 13.0. The quantitative estimate of drug-likeness (QED) is 0.779. The highest BCUT2D eigenvalue weighted by atomic mass is 16.5. The molecule has 1 unspecified atom stereocenters. The zero-order valence-corrected chi connectivity index (χ0v) is 13.0. The van der Waals surface area contributed by atoms with Crippen LogP contribution in [0.15, 0.2) is 18.2 Å². The molecule has 0 aromatic heterocycles. The fraction of sp³-hybridized carbons (Fsp3) is 0.562. The van der Waals surface area contributed by atoms with Gasteiger partial charge in [0.15, 0.2) is 0 Å². The van der Waals surface area contributed by atoms with Crippen molar-refractivity contribution in [2.24, 2.45) is 0 Å². The summed E-state index contributed by atoms with van der Waals surface area (Å²) in [6.45, 7) is 6.18. The van der Waals surface area contributed by atoms with Crippen LogP contribution >= 0.6 is 0 Å². The second-order valence-corrected chi connectivity index (χ2v) is 5.32. The smallest absolute Gasteiger partial charge is 0.307 e. The molecule has 0 amide bonds. The van der Waals surface area contributed by atoms with Gasteiger partial charge in [0.2, 0.25) is 0 Å². The van der Waals surface area contributed by atoms with E-state index in [1.54, 1.807) is 7.11 Å². The first-order chi connectivity index (χ1) is 9.46. The summed E-state index contributed by atoms with van der Waals surface area (Å²) in [5, 5.41) is 3.41. The molecule has 20 heavy (non-hydrogen) atoms. The molecule has 0 fully saturated rings. The van der Waals surface area contributed by atoms with Crippen molar-refractivity contribution in [3.8, 4) is 5.75 Å². The summed E-state index contributed by atoms with van der Waals surface area (Å²) in [4.78, 5) is 11.5. The van der Waals surface area contributed by atoms with Crippen molar-refractivity contribution in [3.05, 3.63) is 29.3 Å². The maximum Gasteiger partial charge on any atom is 0.307 e. The molecule has 0 heterocycles. The van der Waals surface area contributed by atoms with Gasteiger partial charge in [0.1, 0.15) is 5.75 Å². The van der Waals surface area contributed by atoms with Crippen LogP contribution in [0, 0.1) is 6.92 Å². The summed E-state index contributed by atoms with van der Waals surface area (Å²) in [6.07, 6.45) is 1.09. The highest BCUT2D eigenvalue weighted by Crippen LogP contribution is 2.22. The molecule has 0 aliphatic carbocycles. The molecule has 0 radical (unpaired) electrons. The van der Waals surface area contributed by atoms with E-state index in [2.05, 4.69) is 25.2 Å². The molecule has 0 bridgehead atoms.